The Kier molecular flexibility index (Phi) is 6.72. The molecule has 0 radical (unpaired) electrons. The Morgan fingerprint density at radius 1 is 1.24 bits per heavy atom. The average molecular weight is 291 g/mol. The number of hydrogen-bond donors (Lipinski definition) is 3. The highest BCUT2D eigenvalue weighted by molar-refractivity contribution is 6.01. The summed E-state index contributed by atoms with van der Waals surface area (Å²) in [6.07, 6.45) is 0.976. The number of likely N-dealkylation sites (N-methyl/N-ethyl adjacent to an activating group) is 1. The predicted octanol–water partition coefficient (Wildman–Crippen LogP) is 2.07. The van der Waals surface area contributed by atoms with Crippen molar-refractivity contribution in [1.29, 1.82) is 0 Å². The van der Waals surface area contributed by atoms with Crippen LogP contribution >= 0.6 is 0 Å². The van der Waals surface area contributed by atoms with Gasteiger partial charge in [0.05, 0.1) is 5.56 Å². The molecule has 0 heterocycles. The van der Waals surface area contributed by atoms with Gasteiger partial charge in [0.2, 0.25) is 5.91 Å². The highest BCUT2D eigenvalue weighted by atomic mass is 16.2. The van der Waals surface area contributed by atoms with E-state index in [0.29, 0.717) is 12.1 Å². The van der Waals surface area contributed by atoms with Crippen molar-refractivity contribution in [3.8, 4) is 0 Å². The van der Waals surface area contributed by atoms with Crippen LogP contribution in [-0.2, 0) is 4.79 Å². The molecule has 1 atom stereocenters. The summed E-state index contributed by atoms with van der Waals surface area (Å²) in [5.41, 5.74) is 2.45. The van der Waals surface area contributed by atoms with Gasteiger partial charge in [-0.2, -0.15) is 0 Å². The number of rotatable bonds is 7. The van der Waals surface area contributed by atoms with Gasteiger partial charge < -0.3 is 16.0 Å². The lowest BCUT2D eigenvalue weighted by molar-refractivity contribution is -0.122. The molecule has 1 aromatic carbocycles. The molecule has 0 aromatic heterocycles. The van der Waals surface area contributed by atoms with Crippen LogP contribution in [0.15, 0.2) is 18.2 Å². The molecule has 0 bridgehead atoms. The van der Waals surface area contributed by atoms with E-state index in [1.807, 2.05) is 26.0 Å². The Balaban J connectivity index is 2.83. The van der Waals surface area contributed by atoms with Crippen molar-refractivity contribution in [1.82, 2.24) is 10.6 Å². The molecular weight excluding hydrogens is 266 g/mol. The fourth-order valence-corrected chi connectivity index (χ4v) is 1.93. The summed E-state index contributed by atoms with van der Waals surface area (Å²) < 4.78 is 0. The van der Waals surface area contributed by atoms with E-state index in [-0.39, 0.29) is 11.8 Å². The molecule has 5 nitrogen and oxygen atoms in total. The number of carbonyl (C=O) groups is 2. The molecule has 116 valence electrons. The summed E-state index contributed by atoms with van der Waals surface area (Å²) in [6, 6.07) is 5.06. The molecule has 0 aliphatic rings. The zero-order chi connectivity index (χ0) is 15.8. The lowest BCUT2D eigenvalue weighted by atomic mass is 10.1. The van der Waals surface area contributed by atoms with Crippen LogP contribution in [0.3, 0.4) is 0 Å². The summed E-state index contributed by atoms with van der Waals surface area (Å²) >= 11 is 0. The van der Waals surface area contributed by atoms with Crippen LogP contribution in [0.2, 0.25) is 0 Å². The molecule has 0 fully saturated rings. The van der Waals surface area contributed by atoms with Crippen molar-refractivity contribution in [2.24, 2.45) is 0 Å². The van der Waals surface area contributed by atoms with E-state index in [1.54, 1.807) is 13.0 Å². The largest absolute Gasteiger partial charge is 0.384 e. The number of amides is 2. The van der Waals surface area contributed by atoms with E-state index >= 15 is 0 Å². The Morgan fingerprint density at radius 3 is 2.57 bits per heavy atom. The predicted molar refractivity (Wildman–Crippen MR) is 85.6 cm³/mol. The van der Waals surface area contributed by atoms with E-state index < -0.39 is 6.04 Å². The maximum Gasteiger partial charge on any atom is 0.254 e. The highest BCUT2D eigenvalue weighted by Gasteiger charge is 2.18. The van der Waals surface area contributed by atoms with Gasteiger partial charge >= 0.3 is 0 Å². The van der Waals surface area contributed by atoms with Crippen LogP contribution in [0.1, 0.15) is 43.1 Å². The first-order valence-electron chi connectivity index (χ1n) is 7.42. The standard InChI is InChI=1S/C16H25N3O2/c1-5-9-18-14-10-11(3)7-8-13(14)16(21)19-12(4)15(20)17-6-2/h7-8,10,12,18H,5-6,9H2,1-4H3,(H,17,20)(H,19,21). The molecule has 0 saturated carbocycles. The molecule has 0 aliphatic carbocycles. The number of carbonyl (C=O) groups excluding carboxylic acids is 2. The van der Waals surface area contributed by atoms with Gasteiger partial charge in [-0.15, -0.1) is 0 Å². The van der Waals surface area contributed by atoms with Gasteiger partial charge in [0.15, 0.2) is 0 Å². The van der Waals surface area contributed by atoms with Crippen molar-refractivity contribution < 1.29 is 9.59 Å². The molecule has 0 aliphatic heterocycles. The van der Waals surface area contributed by atoms with Crippen LogP contribution in [0.4, 0.5) is 5.69 Å². The molecule has 1 rings (SSSR count). The van der Waals surface area contributed by atoms with Crippen LogP contribution in [0.5, 0.6) is 0 Å². The second-order valence-electron chi connectivity index (χ2n) is 5.07. The fraction of sp³-hybridized carbons (Fsp3) is 0.500. The zero-order valence-electron chi connectivity index (χ0n) is 13.2. The molecule has 1 unspecified atom stereocenters. The SMILES string of the molecule is CCCNc1cc(C)ccc1C(=O)NC(C)C(=O)NCC. The zero-order valence-corrected chi connectivity index (χ0v) is 13.2. The van der Waals surface area contributed by atoms with Crippen LogP contribution in [-0.4, -0.2) is 30.9 Å². The summed E-state index contributed by atoms with van der Waals surface area (Å²) in [6.45, 7) is 8.92. The topological polar surface area (TPSA) is 70.2 Å². The molecule has 5 heteroatoms. The third-order valence-electron chi connectivity index (χ3n) is 3.08. The summed E-state index contributed by atoms with van der Waals surface area (Å²) in [5.74, 6) is -0.423. The minimum absolute atomic E-state index is 0.180. The highest BCUT2D eigenvalue weighted by Crippen LogP contribution is 2.17. The van der Waals surface area contributed by atoms with E-state index in [9.17, 15) is 9.59 Å². The molecule has 0 spiro atoms. The van der Waals surface area contributed by atoms with Gasteiger partial charge in [0.25, 0.3) is 5.91 Å². The Hall–Kier alpha value is -2.04. The van der Waals surface area contributed by atoms with Gasteiger partial charge in [0, 0.05) is 18.8 Å². The Bertz CT molecular complexity index is 500. The number of nitrogens with one attached hydrogen (secondary N) is 3. The van der Waals surface area contributed by atoms with Gasteiger partial charge in [-0.3, -0.25) is 9.59 Å². The molecule has 2 amide bonds. The quantitative estimate of drug-likeness (QED) is 0.720. The first-order valence-corrected chi connectivity index (χ1v) is 7.42. The Morgan fingerprint density at radius 2 is 1.95 bits per heavy atom. The second kappa shape index (κ2) is 8.29. The number of hydrogen-bond acceptors (Lipinski definition) is 3. The summed E-state index contributed by atoms with van der Waals surface area (Å²) in [7, 11) is 0. The molecule has 0 saturated heterocycles. The third-order valence-corrected chi connectivity index (χ3v) is 3.08. The van der Waals surface area contributed by atoms with Gasteiger partial charge in [0.1, 0.15) is 6.04 Å². The van der Waals surface area contributed by atoms with Gasteiger partial charge in [-0.25, -0.2) is 0 Å². The van der Waals surface area contributed by atoms with Crippen molar-refractivity contribution in [3.63, 3.8) is 0 Å². The molecule has 3 N–H and O–H groups in total. The van der Waals surface area contributed by atoms with E-state index in [1.165, 1.54) is 0 Å². The van der Waals surface area contributed by atoms with Crippen LogP contribution in [0.25, 0.3) is 0 Å². The first-order chi connectivity index (χ1) is 9.99. The minimum atomic E-state index is -0.558. The first kappa shape index (κ1) is 17.0. The lowest BCUT2D eigenvalue weighted by Gasteiger charge is -2.16. The third kappa shape index (κ3) is 5.10. The van der Waals surface area contributed by atoms with E-state index in [0.717, 1.165) is 24.2 Å². The summed E-state index contributed by atoms with van der Waals surface area (Å²) in [4.78, 5) is 24.0. The molecule has 1 aromatic rings. The minimum Gasteiger partial charge on any atom is -0.384 e. The fourth-order valence-electron chi connectivity index (χ4n) is 1.93. The van der Waals surface area contributed by atoms with Crippen molar-refractivity contribution >= 4 is 17.5 Å². The molecule has 21 heavy (non-hydrogen) atoms. The normalized spacial score (nSPS) is 11.6. The number of benzene rings is 1. The average Bonchev–Trinajstić information content (AvgIpc) is 2.45. The van der Waals surface area contributed by atoms with Crippen molar-refractivity contribution in [2.75, 3.05) is 18.4 Å². The lowest BCUT2D eigenvalue weighted by Crippen LogP contribution is -2.44. The van der Waals surface area contributed by atoms with Crippen LogP contribution < -0.4 is 16.0 Å². The number of aryl methyl sites for hydroxylation is 1. The van der Waals surface area contributed by atoms with Crippen molar-refractivity contribution in [3.05, 3.63) is 29.3 Å². The van der Waals surface area contributed by atoms with E-state index in [2.05, 4.69) is 22.9 Å². The Labute approximate surface area is 126 Å². The second-order valence-corrected chi connectivity index (χ2v) is 5.07. The van der Waals surface area contributed by atoms with Gasteiger partial charge in [-0.1, -0.05) is 13.0 Å². The molecular formula is C16H25N3O2. The van der Waals surface area contributed by atoms with Crippen LogP contribution in [0, 0.1) is 6.92 Å². The van der Waals surface area contributed by atoms with Gasteiger partial charge in [-0.05, 0) is 44.9 Å². The smallest absolute Gasteiger partial charge is 0.254 e. The summed E-state index contributed by atoms with van der Waals surface area (Å²) in [5, 5.41) is 8.67. The monoisotopic (exact) mass is 291 g/mol. The van der Waals surface area contributed by atoms with Crippen molar-refractivity contribution in [2.45, 2.75) is 40.2 Å². The van der Waals surface area contributed by atoms with E-state index in [4.69, 9.17) is 0 Å². The number of anilines is 1. The maximum atomic E-state index is 12.3. The maximum absolute atomic E-state index is 12.3.